The van der Waals surface area contributed by atoms with E-state index in [1.54, 1.807) is 6.92 Å². The number of ether oxygens (including phenoxy) is 1. The molecule has 5 nitrogen and oxygen atoms in total. The number of esters is 1. The van der Waals surface area contributed by atoms with E-state index in [1.807, 2.05) is 0 Å². The lowest BCUT2D eigenvalue weighted by Crippen LogP contribution is -2.25. The fraction of sp³-hybridized carbons (Fsp3) is 0.312. The van der Waals surface area contributed by atoms with E-state index >= 15 is 0 Å². The first-order chi connectivity index (χ1) is 10.9. The van der Waals surface area contributed by atoms with Gasteiger partial charge in [0.25, 0.3) is 5.91 Å². The number of hydrogen-bond acceptors (Lipinski definition) is 4. The van der Waals surface area contributed by atoms with Gasteiger partial charge in [-0.1, -0.05) is 6.08 Å². The molecule has 1 aromatic rings. The number of halogens is 2. The Bertz CT molecular complexity index is 666. The molecule has 122 valence electrons. The minimum atomic E-state index is -3.26. The Hall–Kier alpha value is -2.57. The van der Waals surface area contributed by atoms with Crippen LogP contribution in [0.5, 0.6) is 0 Å². The van der Waals surface area contributed by atoms with Crippen molar-refractivity contribution in [1.29, 1.82) is 0 Å². The second kappa shape index (κ2) is 6.68. The van der Waals surface area contributed by atoms with E-state index < -0.39 is 29.9 Å². The molecule has 0 N–H and O–H groups in total. The van der Waals surface area contributed by atoms with Crippen LogP contribution in [0.1, 0.15) is 30.6 Å². The number of carbonyl (C=O) groups excluding carboxylic acids is 2. The fourth-order valence-corrected chi connectivity index (χ4v) is 2.07. The first-order valence-electron chi connectivity index (χ1n) is 7.08. The Morgan fingerprint density at radius 1 is 1.39 bits per heavy atom. The van der Waals surface area contributed by atoms with E-state index in [0.717, 1.165) is 5.01 Å². The topological polar surface area (TPSA) is 59.0 Å². The SMILES string of the molecule is C/C=C/C(F)(F)C1=NN(c2ccc(C(=O)OCC)cc2)C(=O)C1. The lowest BCUT2D eigenvalue weighted by molar-refractivity contribution is -0.117. The molecule has 0 bridgehead atoms. The lowest BCUT2D eigenvalue weighted by Gasteiger charge is -2.12. The van der Waals surface area contributed by atoms with Gasteiger partial charge in [0, 0.05) is 0 Å². The summed E-state index contributed by atoms with van der Waals surface area (Å²) in [6, 6.07) is 5.84. The molecule has 0 spiro atoms. The molecule has 0 unspecified atom stereocenters. The number of amides is 1. The summed E-state index contributed by atoms with van der Waals surface area (Å²) in [5, 5.41) is 4.64. The van der Waals surface area contributed by atoms with Crippen molar-refractivity contribution in [3.63, 3.8) is 0 Å². The maximum absolute atomic E-state index is 13.8. The zero-order chi connectivity index (χ0) is 17.0. The van der Waals surface area contributed by atoms with Gasteiger partial charge in [0.1, 0.15) is 5.71 Å². The largest absolute Gasteiger partial charge is 0.462 e. The Morgan fingerprint density at radius 3 is 2.61 bits per heavy atom. The Balaban J connectivity index is 2.23. The van der Waals surface area contributed by atoms with E-state index in [9.17, 15) is 18.4 Å². The summed E-state index contributed by atoms with van der Waals surface area (Å²) in [5.41, 5.74) is 0.120. The van der Waals surface area contributed by atoms with Crippen LogP contribution in [-0.4, -0.2) is 30.1 Å². The summed E-state index contributed by atoms with van der Waals surface area (Å²) in [7, 11) is 0. The average Bonchev–Trinajstić information content (AvgIpc) is 2.90. The minimum absolute atomic E-state index is 0.249. The molecule has 1 heterocycles. The van der Waals surface area contributed by atoms with E-state index in [4.69, 9.17) is 4.74 Å². The second-order valence-electron chi connectivity index (χ2n) is 4.82. The predicted molar refractivity (Wildman–Crippen MR) is 81.7 cm³/mol. The standard InChI is InChI=1S/C16H16F2N2O3/c1-3-9-16(17,18)13-10-14(21)20(19-13)12-7-5-11(6-8-12)15(22)23-4-2/h3,5-9H,4,10H2,1-2H3/b9-3+. The van der Waals surface area contributed by atoms with Crippen molar-refractivity contribution in [2.75, 3.05) is 11.6 Å². The van der Waals surface area contributed by atoms with Crippen LogP contribution >= 0.6 is 0 Å². The first-order valence-corrected chi connectivity index (χ1v) is 7.08. The monoisotopic (exact) mass is 322 g/mol. The third-order valence-electron chi connectivity index (χ3n) is 3.16. The summed E-state index contributed by atoms with van der Waals surface area (Å²) in [5.74, 6) is -4.30. The van der Waals surface area contributed by atoms with Crippen LogP contribution in [-0.2, 0) is 9.53 Å². The molecule has 0 fully saturated rings. The molecule has 23 heavy (non-hydrogen) atoms. The smallest absolute Gasteiger partial charge is 0.338 e. The third-order valence-corrected chi connectivity index (χ3v) is 3.16. The van der Waals surface area contributed by atoms with E-state index in [-0.39, 0.29) is 6.61 Å². The lowest BCUT2D eigenvalue weighted by atomic mass is 10.1. The Morgan fingerprint density at radius 2 is 2.04 bits per heavy atom. The van der Waals surface area contributed by atoms with Gasteiger partial charge in [-0.2, -0.15) is 13.9 Å². The first kappa shape index (κ1) is 16.8. The van der Waals surface area contributed by atoms with Gasteiger partial charge in [0.2, 0.25) is 0 Å². The minimum Gasteiger partial charge on any atom is -0.462 e. The summed E-state index contributed by atoms with van der Waals surface area (Å²) < 4.78 is 32.4. The maximum Gasteiger partial charge on any atom is 0.338 e. The summed E-state index contributed by atoms with van der Waals surface area (Å²) in [6.45, 7) is 3.41. The fourth-order valence-electron chi connectivity index (χ4n) is 2.07. The Labute approximate surface area is 132 Å². The van der Waals surface area contributed by atoms with Crippen molar-refractivity contribution in [3.8, 4) is 0 Å². The molecule has 2 rings (SSSR count). The van der Waals surface area contributed by atoms with Gasteiger partial charge in [-0.3, -0.25) is 4.79 Å². The van der Waals surface area contributed by atoms with Crippen LogP contribution in [0, 0.1) is 0 Å². The zero-order valence-electron chi connectivity index (χ0n) is 12.8. The van der Waals surface area contributed by atoms with E-state index in [0.29, 0.717) is 17.3 Å². The van der Waals surface area contributed by atoms with Crippen LogP contribution in [0.25, 0.3) is 0 Å². The van der Waals surface area contributed by atoms with Crippen LogP contribution < -0.4 is 5.01 Å². The highest BCUT2D eigenvalue weighted by Crippen LogP contribution is 2.28. The second-order valence-corrected chi connectivity index (χ2v) is 4.82. The van der Waals surface area contributed by atoms with Gasteiger partial charge >= 0.3 is 11.9 Å². The van der Waals surface area contributed by atoms with Crippen molar-refractivity contribution in [3.05, 3.63) is 42.0 Å². The van der Waals surface area contributed by atoms with Gasteiger partial charge in [0.05, 0.1) is 24.3 Å². The quantitative estimate of drug-likeness (QED) is 0.618. The molecular weight excluding hydrogens is 306 g/mol. The van der Waals surface area contributed by atoms with Gasteiger partial charge in [-0.15, -0.1) is 0 Å². The molecule has 1 aliphatic heterocycles. The number of carbonyl (C=O) groups is 2. The molecule has 0 aromatic heterocycles. The third kappa shape index (κ3) is 3.61. The van der Waals surface area contributed by atoms with Crippen molar-refractivity contribution < 1.29 is 23.1 Å². The van der Waals surface area contributed by atoms with Gasteiger partial charge < -0.3 is 4.74 Å². The zero-order valence-corrected chi connectivity index (χ0v) is 12.8. The molecule has 1 amide bonds. The van der Waals surface area contributed by atoms with Crippen LogP contribution in [0.3, 0.4) is 0 Å². The predicted octanol–water partition coefficient (Wildman–Crippen LogP) is 3.17. The van der Waals surface area contributed by atoms with Gasteiger partial charge in [-0.25, -0.2) is 9.80 Å². The highest BCUT2D eigenvalue weighted by atomic mass is 19.3. The van der Waals surface area contributed by atoms with Crippen LogP contribution in [0.15, 0.2) is 41.5 Å². The summed E-state index contributed by atoms with van der Waals surface area (Å²) in [4.78, 5) is 23.5. The molecule has 0 radical (unpaired) electrons. The average molecular weight is 322 g/mol. The molecule has 0 atom stereocenters. The Kier molecular flexibility index (Phi) is 4.88. The normalized spacial score (nSPS) is 15.2. The van der Waals surface area contributed by atoms with Gasteiger partial charge in [0.15, 0.2) is 0 Å². The molecule has 0 aliphatic carbocycles. The van der Waals surface area contributed by atoms with Crippen molar-refractivity contribution in [1.82, 2.24) is 0 Å². The van der Waals surface area contributed by atoms with Crippen LogP contribution in [0.2, 0.25) is 0 Å². The summed E-state index contributed by atoms with van der Waals surface area (Å²) >= 11 is 0. The number of nitrogens with zero attached hydrogens (tertiary/aromatic N) is 2. The number of allylic oxidation sites excluding steroid dienone is 2. The molecule has 0 saturated heterocycles. The molecule has 0 saturated carbocycles. The molecule has 1 aromatic carbocycles. The molecular formula is C16H16F2N2O3. The van der Waals surface area contributed by atoms with Crippen LogP contribution in [0.4, 0.5) is 14.5 Å². The highest BCUT2D eigenvalue weighted by Gasteiger charge is 2.40. The van der Waals surface area contributed by atoms with E-state index in [2.05, 4.69) is 5.10 Å². The van der Waals surface area contributed by atoms with Crippen molar-refractivity contribution in [2.45, 2.75) is 26.2 Å². The number of alkyl halides is 2. The van der Waals surface area contributed by atoms with E-state index in [1.165, 1.54) is 37.3 Å². The maximum atomic E-state index is 13.8. The number of hydrogen-bond donors (Lipinski definition) is 0. The molecule has 1 aliphatic rings. The van der Waals surface area contributed by atoms with Crippen molar-refractivity contribution >= 4 is 23.3 Å². The number of rotatable bonds is 5. The molecule has 7 heteroatoms. The van der Waals surface area contributed by atoms with Gasteiger partial charge in [-0.05, 0) is 44.2 Å². The number of hydrazone groups is 1. The number of anilines is 1. The number of benzene rings is 1. The highest BCUT2D eigenvalue weighted by molar-refractivity contribution is 6.15. The van der Waals surface area contributed by atoms with Crippen molar-refractivity contribution in [2.24, 2.45) is 5.10 Å². The summed E-state index contributed by atoms with van der Waals surface area (Å²) in [6.07, 6.45) is 1.47.